The number of hydrogen-bond acceptors (Lipinski definition) is 7. The normalized spacial score (nSPS) is 12.5. The van der Waals surface area contributed by atoms with Gasteiger partial charge in [0.15, 0.2) is 0 Å². The summed E-state index contributed by atoms with van der Waals surface area (Å²) in [6, 6.07) is 18.8. The third kappa shape index (κ3) is 9.98. The van der Waals surface area contributed by atoms with Gasteiger partial charge in [-0.05, 0) is 11.1 Å². The summed E-state index contributed by atoms with van der Waals surface area (Å²) in [6.45, 7) is 3.37. The van der Waals surface area contributed by atoms with Crippen LogP contribution < -0.4 is 27.4 Å². The molecule has 2 atom stereocenters. The van der Waals surface area contributed by atoms with Crippen LogP contribution in [0.1, 0.15) is 22.5 Å². The molecule has 0 aliphatic heterocycles. The molecule has 2 heterocycles. The predicted molar refractivity (Wildman–Crippen MR) is 158 cm³/mol. The lowest BCUT2D eigenvalue weighted by atomic mass is 10.1. The van der Waals surface area contributed by atoms with Gasteiger partial charge in [-0.3, -0.25) is 9.59 Å². The van der Waals surface area contributed by atoms with E-state index in [9.17, 15) is 9.59 Å². The summed E-state index contributed by atoms with van der Waals surface area (Å²) in [5.74, 6) is -0.454. The van der Waals surface area contributed by atoms with E-state index in [1.807, 2.05) is 57.9 Å². The highest BCUT2D eigenvalue weighted by molar-refractivity contribution is 5.82. The molecule has 4 aromatic rings. The second-order valence-electron chi connectivity index (χ2n) is 10.00. The molecule has 0 saturated heterocycles. The summed E-state index contributed by atoms with van der Waals surface area (Å²) in [5, 5.41) is 8.85. The Morgan fingerprint density at radius 3 is 1.49 bits per heavy atom. The SMILES string of the molecule is N[C@H](Cc1cn(Cc2ccccc2)cn1)C(=O)NCCNCCNC(=O)[C@H](N)Cc1cn(Cc2ccccc2)cn1. The number of aromatic nitrogens is 4. The van der Waals surface area contributed by atoms with Gasteiger partial charge in [0.2, 0.25) is 11.8 Å². The Morgan fingerprint density at radius 1 is 0.659 bits per heavy atom. The Morgan fingerprint density at radius 2 is 1.07 bits per heavy atom. The highest BCUT2D eigenvalue weighted by Gasteiger charge is 2.16. The molecule has 0 fully saturated rings. The molecule has 11 heteroatoms. The summed E-state index contributed by atoms with van der Waals surface area (Å²) in [7, 11) is 0. The van der Waals surface area contributed by atoms with Gasteiger partial charge in [-0.15, -0.1) is 0 Å². The van der Waals surface area contributed by atoms with E-state index < -0.39 is 12.1 Å². The summed E-state index contributed by atoms with van der Waals surface area (Å²) in [5.41, 5.74) is 16.1. The zero-order chi connectivity index (χ0) is 28.9. The molecule has 2 aromatic heterocycles. The summed E-state index contributed by atoms with van der Waals surface area (Å²) in [6.07, 6.45) is 8.06. The molecule has 0 radical (unpaired) electrons. The number of benzene rings is 2. The van der Waals surface area contributed by atoms with Crippen LogP contribution in [0.3, 0.4) is 0 Å². The maximum absolute atomic E-state index is 12.4. The minimum Gasteiger partial charge on any atom is -0.353 e. The maximum atomic E-state index is 12.4. The Labute approximate surface area is 240 Å². The van der Waals surface area contributed by atoms with Crippen molar-refractivity contribution in [3.8, 4) is 0 Å². The molecule has 41 heavy (non-hydrogen) atoms. The number of nitrogens with one attached hydrogen (secondary N) is 3. The lowest BCUT2D eigenvalue weighted by Gasteiger charge is -2.13. The van der Waals surface area contributed by atoms with Crippen molar-refractivity contribution in [1.29, 1.82) is 0 Å². The molecule has 2 aromatic carbocycles. The van der Waals surface area contributed by atoms with E-state index in [0.29, 0.717) is 52.1 Å². The summed E-state index contributed by atoms with van der Waals surface area (Å²) >= 11 is 0. The maximum Gasteiger partial charge on any atom is 0.237 e. The van der Waals surface area contributed by atoms with Crippen LogP contribution in [0.4, 0.5) is 0 Å². The molecule has 0 unspecified atom stereocenters. The summed E-state index contributed by atoms with van der Waals surface area (Å²) < 4.78 is 3.96. The quantitative estimate of drug-likeness (QED) is 0.125. The molecule has 0 saturated carbocycles. The van der Waals surface area contributed by atoms with Crippen molar-refractivity contribution in [3.63, 3.8) is 0 Å². The van der Waals surface area contributed by atoms with E-state index in [-0.39, 0.29) is 11.8 Å². The molecule has 2 amide bonds. The first-order valence-corrected chi connectivity index (χ1v) is 13.8. The molecular formula is C30H39N9O2. The van der Waals surface area contributed by atoms with Gasteiger partial charge in [0, 0.05) is 64.5 Å². The van der Waals surface area contributed by atoms with Crippen LogP contribution in [0.5, 0.6) is 0 Å². The number of rotatable bonds is 16. The first-order valence-electron chi connectivity index (χ1n) is 13.8. The molecule has 4 rings (SSSR count). The second kappa shape index (κ2) is 15.5. The fraction of sp³-hybridized carbons (Fsp3) is 0.333. The van der Waals surface area contributed by atoms with Crippen LogP contribution in [-0.2, 0) is 35.5 Å². The number of imidazole rings is 2. The highest BCUT2D eigenvalue weighted by atomic mass is 16.2. The van der Waals surface area contributed by atoms with Gasteiger partial charge >= 0.3 is 0 Å². The van der Waals surface area contributed by atoms with Crippen LogP contribution in [0.2, 0.25) is 0 Å². The lowest BCUT2D eigenvalue weighted by Crippen LogP contribution is -2.46. The fourth-order valence-electron chi connectivity index (χ4n) is 4.36. The van der Waals surface area contributed by atoms with Gasteiger partial charge in [-0.25, -0.2) is 9.97 Å². The monoisotopic (exact) mass is 557 g/mol. The number of nitrogens with zero attached hydrogens (tertiary/aromatic N) is 4. The molecule has 0 spiro atoms. The van der Waals surface area contributed by atoms with Crippen LogP contribution in [0, 0.1) is 0 Å². The van der Waals surface area contributed by atoms with Crippen molar-refractivity contribution >= 4 is 11.8 Å². The third-order valence-corrected chi connectivity index (χ3v) is 6.52. The number of amides is 2. The largest absolute Gasteiger partial charge is 0.353 e. The van der Waals surface area contributed by atoms with Crippen LogP contribution in [0.15, 0.2) is 85.7 Å². The van der Waals surface area contributed by atoms with Crippen molar-refractivity contribution < 1.29 is 9.59 Å². The Balaban J connectivity index is 1.04. The van der Waals surface area contributed by atoms with Crippen LogP contribution in [0.25, 0.3) is 0 Å². The van der Waals surface area contributed by atoms with Gasteiger partial charge in [0.25, 0.3) is 0 Å². The Hall–Kier alpha value is -4.32. The van der Waals surface area contributed by atoms with Crippen molar-refractivity contribution in [1.82, 2.24) is 35.1 Å². The van der Waals surface area contributed by atoms with E-state index in [1.165, 1.54) is 11.1 Å². The van der Waals surface area contributed by atoms with Crippen LogP contribution >= 0.6 is 0 Å². The van der Waals surface area contributed by atoms with Gasteiger partial charge < -0.3 is 36.6 Å². The van der Waals surface area contributed by atoms with Crippen molar-refractivity contribution in [2.45, 2.75) is 38.0 Å². The number of nitrogens with two attached hydrogens (primary N) is 2. The average molecular weight is 558 g/mol. The first kappa shape index (κ1) is 29.7. The van der Waals surface area contributed by atoms with Gasteiger partial charge in [-0.2, -0.15) is 0 Å². The van der Waals surface area contributed by atoms with Gasteiger partial charge in [-0.1, -0.05) is 60.7 Å². The Bertz CT molecular complexity index is 1250. The van der Waals surface area contributed by atoms with E-state index >= 15 is 0 Å². The van der Waals surface area contributed by atoms with E-state index in [4.69, 9.17) is 11.5 Å². The topological polar surface area (TPSA) is 158 Å². The predicted octanol–water partition coefficient (Wildman–Crippen LogP) is 0.438. The molecule has 0 aliphatic carbocycles. The number of carbonyl (C=O) groups excluding carboxylic acids is 2. The number of hydrogen-bond donors (Lipinski definition) is 5. The zero-order valence-electron chi connectivity index (χ0n) is 23.2. The Kier molecular flexibility index (Phi) is 11.2. The fourth-order valence-corrected chi connectivity index (χ4v) is 4.36. The molecular weight excluding hydrogens is 518 g/mol. The second-order valence-corrected chi connectivity index (χ2v) is 10.00. The third-order valence-electron chi connectivity index (χ3n) is 6.52. The highest BCUT2D eigenvalue weighted by Crippen LogP contribution is 2.07. The van der Waals surface area contributed by atoms with E-state index in [0.717, 1.165) is 11.4 Å². The van der Waals surface area contributed by atoms with Crippen molar-refractivity contribution in [2.75, 3.05) is 26.2 Å². The standard InChI is InChI=1S/C30H39N9O2/c31-27(15-25-19-38(21-36-25)17-23-7-3-1-4-8-23)29(40)34-13-11-33-12-14-35-30(41)28(32)16-26-20-39(22-37-26)18-24-9-5-2-6-10-24/h1-10,19-22,27-28,33H,11-18,31-32H2,(H,34,40)(H,35,41)/t27-,28-/m1/s1. The minimum absolute atomic E-state index is 0.227. The molecule has 0 bridgehead atoms. The molecule has 0 aliphatic rings. The molecule has 216 valence electrons. The first-order chi connectivity index (χ1) is 20.0. The van der Waals surface area contributed by atoms with Crippen LogP contribution in [-0.4, -0.2) is 69.2 Å². The average Bonchev–Trinajstić information content (AvgIpc) is 3.62. The van der Waals surface area contributed by atoms with Crippen molar-refractivity contribution in [2.24, 2.45) is 11.5 Å². The smallest absolute Gasteiger partial charge is 0.237 e. The van der Waals surface area contributed by atoms with E-state index in [2.05, 4.69) is 50.2 Å². The molecule has 7 N–H and O–H groups in total. The van der Waals surface area contributed by atoms with E-state index in [1.54, 1.807) is 12.7 Å². The minimum atomic E-state index is -0.680. The summed E-state index contributed by atoms with van der Waals surface area (Å²) in [4.78, 5) is 33.5. The van der Waals surface area contributed by atoms with Gasteiger partial charge in [0.05, 0.1) is 36.1 Å². The lowest BCUT2D eigenvalue weighted by molar-refractivity contribution is -0.123. The van der Waals surface area contributed by atoms with Crippen molar-refractivity contribution in [3.05, 3.63) is 108 Å². The number of carbonyl (C=O) groups is 2. The zero-order valence-corrected chi connectivity index (χ0v) is 23.2. The molecule has 11 nitrogen and oxygen atoms in total. The van der Waals surface area contributed by atoms with Gasteiger partial charge in [0.1, 0.15) is 0 Å².